The molecule has 18 heavy (non-hydrogen) atoms. The molecule has 2 heterocycles. The number of thiazole rings is 2. The van der Waals surface area contributed by atoms with Gasteiger partial charge in [0, 0.05) is 11.1 Å². The molecule has 0 aliphatic heterocycles. The van der Waals surface area contributed by atoms with E-state index in [0.717, 1.165) is 11.0 Å². The van der Waals surface area contributed by atoms with Crippen molar-refractivity contribution in [1.82, 2.24) is 9.97 Å². The number of aromatic nitrogens is 2. The van der Waals surface area contributed by atoms with Crippen LogP contribution in [-0.4, -0.2) is 9.97 Å². The van der Waals surface area contributed by atoms with E-state index in [4.69, 9.17) is 0 Å². The largest absolute Gasteiger partial charge is 0.244 e. The lowest BCUT2D eigenvalue weighted by atomic mass is 10.0. The van der Waals surface area contributed by atoms with E-state index >= 15 is 0 Å². The van der Waals surface area contributed by atoms with Gasteiger partial charge in [-0.1, -0.05) is 24.3 Å². The van der Waals surface area contributed by atoms with Crippen LogP contribution in [0.3, 0.4) is 0 Å². The molecule has 0 spiro atoms. The number of hydrogen-bond acceptors (Lipinski definition) is 4. The molecule has 0 saturated heterocycles. The van der Waals surface area contributed by atoms with E-state index in [-0.39, 0.29) is 0 Å². The van der Waals surface area contributed by atoms with E-state index in [0.29, 0.717) is 0 Å². The SMILES string of the molecule is c1cc(-c2cccc3scnc23)c2ncsc2c1. The van der Waals surface area contributed by atoms with Crippen molar-refractivity contribution >= 4 is 43.1 Å². The van der Waals surface area contributed by atoms with E-state index in [2.05, 4.69) is 46.4 Å². The molecule has 0 fully saturated rings. The number of rotatable bonds is 1. The van der Waals surface area contributed by atoms with Crippen LogP contribution in [0.25, 0.3) is 31.6 Å². The van der Waals surface area contributed by atoms with E-state index in [1.165, 1.54) is 20.5 Å². The molecule has 0 unspecified atom stereocenters. The molecule has 2 nitrogen and oxygen atoms in total. The highest BCUT2D eigenvalue weighted by molar-refractivity contribution is 7.17. The molecule has 0 N–H and O–H groups in total. The fraction of sp³-hybridized carbons (Fsp3) is 0. The second-order valence-corrected chi connectivity index (χ2v) is 5.78. The minimum atomic E-state index is 1.07. The van der Waals surface area contributed by atoms with Crippen molar-refractivity contribution in [2.24, 2.45) is 0 Å². The Labute approximate surface area is 112 Å². The number of fused-ring (bicyclic) bond motifs is 2. The number of hydrogen-bond donors (Lipinski definition) is 0. The van der Waals surface area contributed by atoms with Crippen molar-refractivity contribution in [3.8, 4) is 11.1 Å². The molecule has 0 saturated carbocycles. The molecule has 4 heteroatoms. The molecule has 0 radical (unpaired) electrons. The summed E-state index contributed by atoms with van der Waals surface area (Å²) >= 11 is 3.35. The predicted octanol–water partition coefficient (Wildman–Crippen LogP) is 4.57. The number of nitrogens with zero attached hydrogens (tertiary/aromatic N) is 2. The average molecular weight is 268 g/mol. The molecule has 0 aliphatic carbocycles. The van der Waals surface area contributed by atoms with Crippen molar-refractivity contribution < 1.29 is 0 Å². The van der Waals surface area contributed by atoms with Crippen LogP contribution in [0.2, 0.25) is 0 Å². The van der Waals surface area contributed by atoms with E-state index in [1.54, 1.807) is 22.7 Å². The third-order valence-electron chi connectivity index (χ3n) is 3.01. The topological polar surface area (TPSA) is 25.8 Å². The van der Waals surface area contributed by atoms with Crippen molar-refractivity contribution in [3.05, 3.63) is 47.4 Å². The molecule has 4 rings (SSSR count). The molecule has 4 aromatic rings. The maximum absolute atomic E-state index is 4.48. The van der Waals surface area contributed by atoms with Gasteiger partial charge >= 0.3 is 0 Å². The van der Waals surface area contributed by atoms with Gasteiger partial charge in [-0.15, -0.1) is 22.7 Å². The fourth-order valence-electron chi connectivity index (χ4n) is 2.21. The Kier molecular flexibility index (Phi) is 2.18. The molecule has 0 atom stereocenters. The lowest BCUT2D eigenvalue weighted by Crippen LogP contribution is -1.82. The Morgan fingerprint density at radius 1 is 0.667 bits per heavy atom. The highest BCUT2D eigenvalue weighted by Gasteiger charge is 2.10. The fourth-order valence-corrected chi connectivity index (χ4v) is 3.61. The first-order valence-electron chi connectivity index (χ1n) is 5.58. The molecule has 86 valence electrons. The summed E-state index contributed by atoms with van der Waals surface area (Å²) < 4.78 is 2.44. The van der Waals surface area contributed by atoms with Crippen molar-refractivity contribution in [2.75, 3.05) is 0 Å². The highest BCUT2D eigenvalue weighted by Crippen LogP contribution is 2.34. The predicted molar refractivity (Wildman–Crippen MR) is 78.2 cm³/mol. The second-order valence-electron chi connectivity index (χ2n) is 4.01. The quantitative estimate of drug-likeness (QED) is 0.505. The minimum Gasteiger partial charge on any atom is -0.244 e. The number of benzene rings is 2. The van der Waals surface area contributed by atoms with Gasteiger partial charge in [0.25, 0.3) is 0 Å². The highest BCUT2D eigenvalue weighted by atomic mass is 32.1. The molecule has 0 aliphatic rings. The summed E-state index contributed by atoms with van der Waals surface area (Å²) in [7, 11) is 0. The van der Waals surface area contributed by atoms with Gasteiger partial charge in [-0.05, 0) is 12.1 Å². The first-order chi connectivity index (χ1) is 8.93. The molecule has 0 amide bonds. The van der Waals surface area contributed by atoms with Crippen molar-refractivity contribution in [1.29, 1.82) is 0 Å². The van der Waals surface area contributed by atoms with Gasteiger partial charge in [0.05, 0.1) is 31.5 Å². The average Bonchev–Trinajstić information content (AvgIpc) is 3.06. The summed E-state index contributed by atoms with van der Waals surface area (Å²) in [4.78, 5) is 8.96. The maximum Gasteiger partial charge on any atom is 0.0891 e. The smallest absolute Gasteiger partial charge is 0.0891 e. The summed E-state index contributed by atoms with van der Waals surface area (Å²) in [5.74, 6) is 0. The molecule has 2 aromatic heterocycles. The van der Waals surface area contributed by atoms with Gasteiger partial charge in [-0.3, -0.25) is 0 Å². The van der Waals surface area contributed by atoms with Crippen LogP contribution in [-0.2, 0) is 0 Å². The third-order valence-corrected chi connectivity index (χ3v) is 4.60. The second kappa shape index (κ2) is 3.86. The Morgan fingerprint density at radius 2 is 1.17 bits per heavy atom. The van der Waals surface area contributed by atoms with Gasteiger partial charge in [-0.2, -0.15) is 0 Å². The van der Waals surface area contributed by atoms with Crippen LogP contribution in [0.1, 0.15) is 0 Å². The number of para-hydroxylation sites is 2. The van der Waals surface area contributed by atoms with Crippen LogP contribution >= 0.6 is 22.7 Å². The zero-order valence-corrected chi connectivity index (χ0v) is 11.0. The minimum absolute atomic E-state index is 1.07. The molecule has 2 aromatic carbocycles. The van der Waals surface area contributed by atoms with Crippen LogP contribution in [0.4, 0.5) is 0 Å². The first kappa shape index (κ1) is 10.2. The zero-order chi connectivity index (χ0) is 11.9. The van der Waals surface area contributed by atoms with E-state index in [9.17, 15) is 0 Å². The monoisotopic (exact) mass is 268 g/mol. The van der Waals surface area contributed by atoms with Crippen LogP contribution in [0.15, 0.2) is 47.4 Å². The summed E-state index contributed by atoms with van der Waals surface area (Å²) in [5, 5.41) is 0. The normalized spacial score (nSPS) is 11.3. The van der Waals surface area contributed by atoms with Gasteiger partial charge < -0.3 is 0 Å². The summed E-state index contributed by atoms with van der Waals surface area (Å²) in [6.07, 6.45) is 0. The molecule has 0 bridgehead atoms. The van der Waals surface area contributed by atoms with Crippen LogP contribution in [0, 0.1) is 0 Å². The Hall–Kier alpha value is -1.78. The van der Waals surface area contributed by atoms with Gasteiger partial charge in [0.15, 0.2) is 0 Å². The lowest BCUT2D eigenvalue weighted by molar-refractivity contribution is 1.47. The lowest BCUT2D eigenvalue weighted by Gasteiger charge is -2.03. The Morgan fingerprint density at radius 3 is 1.67 bits per heavy atom. The molecular weight excluding hydrogens is 260 g/mol. The maximum atomic E-state index is 4.48. The Balaban J connectivity index is 2.13. The first-order valence-corrected chi connectivity index (χ1v) is 7.34. The standard InChI is InChI=1S/C14H8N2S2/c1-3-9(13-11(5-1)17-7-15-13)10-4-2-6-12-14(10)16-8-18-12/h1-8H. The molecular formula is C14H8N2S2. The van der Waals surface area contributed by atoms with Crippen LogP contribution in [0.5, 0.6) is 0 Å². The summed E-state index contributed by atoms with van der Waals surface area (Å²) in [5.41, 5.74) is 8.28. The summed E-state index contributed by atoms with van der Waals surface area (Å²) in [6.45, 7) is 0. The van der Waals surface area contributed by atoms with Gasteiger partial charge in [0.1, 0.15) is 0 Å². The van der Waals surface area contributed by atoms with Gasteiger partial charge in [0.2, 0.25) is 0 Å². The van der Waals surface area contributed by atoms with E-state index in [1.807, 2.05) is 11.0 Å². The van der Waals surface area contributed by atoms with Crippen molar-refractivity contribution in [3.63, 3.8) is 0 Å². The van der Waals surface area contributed by atoms with Crippen LogP contribution < -0.4 is 0 Å². The van der Waals surface area contributed by atoms with E-state index < -0.39 is 0 Å². The Bertz CT molecular complexity index is 773. The zero-order valence-electron chi connectivity index (χ0n) is 9.33. The van der Waals surface area contributed by atoms with Crippen molar-refractivity contribution in [2.45, 2.75) is 0 Å². The van der Waals surface area contributed by atoms with Gasteiger partial charge in [-0.25, -0.2) is 9.97 Å². The summed E-state index contributed by atoms with van der Waals surface area (Å²) in [6, 6.07) is 12.6. The third kappa shape index (κ3) is 1.39.